The third-order valence-electron chi connectivity index (χ3n) is 5.24. The number of hydrogen-bond acceptors (Lipinski definition) is 4. The molecular weight excluding hydrogens is 421 g/mol. The molecule has 5 nitrogen and oxygen atoms in total. The molecule has 1 saturated heterocycles. The van der Waals surface area contributed by atoms with Gasteiger partial charge in [-0.2, -0.15) is 0 Å². The molecule has 3 aromatic rings. The Hall–Kier alpha value is -3.38. The number of amides is 1. The Kier molecular flexibility index (Phi) is 5.65. The predicted molar refractivity (Wildman–Crippen MR) is 114 cm³/mol. The fourth-order valence-electron chi connectivity index (χ4n) is 3.67. The molecule has 0 aliphatic carbocycles. The summed E-state index contributed by atoms with van der Waals surface area (Å²) in [5, 5.41) is 11.4. The molecule has 2 heterocycles. The summed E-state index contributed by atoms with van der Waals surface area (Å²) < 4.78 is 18.9. The van der Waals surface area contributed by atoms with Crippen molar-refractivity contribution >= 4 is 29.1 Å². The van der Waals surface area contributed by atoms with E-state index in [4.69, 9.17) is 16.0 Å². The Morgan fingerprint density at radius 2 is 1.74 bits per heavy atom. The molecular formula is C24H19ClFNO4. The summed E-state index contributed by atoms with van der Waals surface area (Å²) in [5.74, 6) is -1.16. The highest BCUT2D eigenvalue weighted by molar-refractivity contribution is 6.46. The zero-order valence-corrected chi connectivity index (χ0v) is 17.4. The molecule has 31 heavy (non-hydrogen) atoms. The monoisotopic (exact) mass is 439 g/mol. The van der Waals surface area contributed by atoms with Crippen molar-refractivity contribution in [1.82, 2.24) is 4.90 Å². The second kappa shape index (κ2) is 8.40. The van der Waals surface area contributed by atoms with Crippen LogP contribution in [-0.2, 0) is 16.0 Å². The van der Waals surface area contributed by atoms with Crippen LogP contribution in [0.15, 0.2) is 70.7 Å². The zero-order valence-electron chi connectivity index (χ0n) is 16.6. The topological polar surface area (TPSA) is 70.8 Å². The van der Waals surface area contributed by atoms with Crippen LogP contribution in [0.1, 0.15) is 28.7 Å². The Bertz CT molecular complexity index is 1170. The van der Waals surface area contributed by atoms with E-state index in [1.54, 1.807) is 55.5 Å². The molecule has 0 bridgehead atoms. The lowest BCUT2D eigenvalue weighted by atomic mass is 9.99. The maximum absolute atomic E-state index is 13.2. The number of hydrogen-bond donors (Lipinski definition) is 1. The quantitative estimate of drug-likeness (QED) is 0.343. The second-order valence-corrected chi connectivity index (χ2v) is 7.76. The van der Waals surface area contributed by atoms with Gasteiger partial charge < -0.3 is 14.4 Å². The molecule has 1 fully saturated rings. The number of likely N-dealkylation sites (tertiary alicyclic amines) is 1. The van der Waals surface area contributed by atoms with E-state index >= 15 is 0 Å². The number of carbonyl (C=O) groups is 2. The molecule has 7 heteroatoms. The van der Waals surface area contributed by atoms with Gasteiger partial charge in [0.2, 0.25) is 0 Å². The Labute approximate surface area is 183 Å². The molecule has 0 radical (unpaired) electrons. The van der Waals surface area contributed by atoms with Crippen molar-refractivity contribution < 1.29 is 23.5 Å². The molecule has 2 aromatic carbocycles. The summed E-state index contributed by atoms with van der Waals surface area (Å²) in [4.78, 5) is 27.2. The van der Waals surface area contributed by atoms with Gasteiger partial charge in [-0.25, -0.2) is 4.39 Å². The lowest BCUT2D eigenvalue weighted by molar-refractivity contribution is -0.140. The fraction of sp³-hybridized carbons (Fsp3) is 0.167. The number of furan rings is 1. The smallest absolute Gasteiger partial charge is 0.295 e. The van der Waals surface area contributed by atoms with Crippen LogP contribution in [0, 0.1) is 12.7 Å². The zero-order chi connectivity index (χ0) is 22.1. The lowest BCUT2D eigenvalue weighted by Gasteiger charge is -2.23. The van der Waals surface area contributed by atoms with Gasteiger partial charge in [0.1, 0.15) is 29.1 Å². The van der Waals surface area contributed by atoms with E-state index in [1.807, 2.05) is 0 Å². The van der Waals surface area contributed by atoms with Crippen molar-refractivity contribution in [3.05, 3.63) is 99.7 Å². The summed E-state index contributed by atoms with van der Waals surface area (Å²) in [7, 11) is 0. The minimum absolute atomic E-state index is 0.0409. The molecule has 1 N–H and O–H groups in total. The summed E-state index contributed by atoms with van der Waals surface area (Å²) in [6, 6.07) is 14.8. The Balaban J connectivity index is 1.74. The van der Waals surface area contributed by atoms with Gasteiger partial charge in [0.25, 0.3) is 11.7 Å². The van der Waals surface area contributed by atoms with Gasteiger partial charge in [-0.3, -0.25) is 9.59 Å². The van der Waals surface area contributed by atoms with Crippen molar-refractivity contribution in [1.29, 1.82) is 0 Å². The van der Waals surface area contributed by atoms with E-state index in [2.05, 4.69) is 0 Å². The van der Waals surface area contributed by atoms with Crippen LogP contribution in [-0.4, -0.2) is 28.2 Å². The average Bonchev–Trinajstić information content (AvgIpc) is 3.29. The highest BCUT2D eigenvalue weighted by Gasteiger charge is 2.47. The van der Waals surface area contributed by atoms with Crippen molar-refractivity contribution in [2.75, 3.05) is 6.54 Å². The number of Topliss-reactive ketones (excluding diaryl/α,β-unsaturated/α-hetero) is 1. The van der Waals surface area contributed by atoms with Crippen molar-refractivity contribution in [2.24, 2.45) is 0 Å². The summed E-state index contributed by atoms with van der Waals surface area (Å²) >= 11 is 5.92. The highest BCUT2D eigenvalue weighted by Crippen LogP contribution is 2.40. The van der Waals surface area contributed by atoms with E-state index < -0.39 is 17.7 Å². The van der Waals surface area contributed by atoms with Gasteiger partial charge in [0.15, 0.2) is 0 Å². The number of aliphatic hydroxyl groups is 1. The van der Waals surface area contributed by atoms with Crippen molar-refractivity contribution in [2.45, 2.75) is 19.4 Å². The van der Waals surface area contributed by atoms with E-state index in [0.717, 1.165) is 5.56 Å². The molecule has 1 unspecified atom stereocenters. The number of aryl methyl sites for hydroxylation is 1. The first-order valence-electron chi connectivity index (χ1n) is 9.70. The minimum atomic E-state index is -0.871. The molecule has 4 rings (SSSR count). The van der Waals surface area contributed by atoms with Gasteiger partial charge in [0.05, 0.1) is 5.57 Å². The first-order valence-corrected chi connectivity index (χ1v) is 10.1. The first-order chi connectivity index (χ1) is 14.8. The Morgan fingerprint density at radius 3 is 2.35 bits per heavy atom. The van der Waals surface area contributed by atoms with Gasteiger partial charge in [-0.1, -0.05) is 23.7 Å². The molecule has 0 spiro atoms. The van der Waals surface area contributed by atoms with E-state index in [0.29, 0.717) is 28.5 Å². The fourth-order valence-corrected chi connectivity index (χ4v) is 3.80. The van der Waals surface area contributed by atoms with Crippen LogP contribution in [0.4, 0.5) is 4.39 Å². The van der Waals surface area contributed by atoms with E-state index in [-0.39, 0.29) is 23.7 Å². The number of rotatable bonds is 5. The largest absolute Gasteiger partial charge is 0.507 e. The Morgan fingerprint density at radius 1 is 1.06 bits per heavy atom. The molecule has 1 atom stereocenters. The number of nitrogens with zero attached hydrogens (tertiary/aromatic N) is 1. The average molecular weight is 440 g/mol. The molecule has 1 aromatic heterocycles. The summed E-state index contributed by atoms with van der Waals surface area (Å²) in [6.07, 6.45) is 0.407. The normalized spacial score (nSPS) is 18.0. The lowest BCUT2D eigenvalue weighted by Crippen LogP contribution is -2.31. The third-order valence-corrected chi connectivity index (χ3v) is 5.49. The number of ketones is 1. The van der Waals surface area contributed by atoms with Gasteiger partial charge >= 0.3 is 0 Å². The summed E-state index contributed by atoms with van der Waals surface area (Å²) in [6.45, 7) is 1.95. The van der Waals surface area contributed by atoms with Crippen LogP contribution in [0.2, 0.25) is 5.02 Å². The molecule has 1 aliphatic heterocycles. The van der Waals surface area contributed by atoms with Crippen LogP contribution in [0.25, 0.3) is 5.76 Å². The molecule has 1 aliphatic rings. The standard InChI is InChI=1S/C24H19ClFNO4/c1-14-2-11-19(31-14)21-20(22(28)16-5-7-17(25)8-6-16)23(29)24(30)27(21)13-12-15-3-9-18(26)10-4-15/h2-11,21,28H,12-13H2,1H3/b22-20-. The van der Waals surface area contributed by atoms with Crippen LogP contribution < -0.4 is 0 Å². The van der Waals surface area contributed by atoms with Crippen molar-refractivity contribution in [3.63, 3.8) is 0 Å². The number of benzene rings is 2. The maximum atomic E-state index is 13.2. The highest BCUT2D eigenvalue weighted by atomic mass is 35.5. The minimum Gasteiger partial charge on any atom is -0.507 e. The van der Waals surface area contributed by atoms with E-state index in [9.17, 15) is 19.1 Å². The van der Waals surface area contributed by atoms with Gasteiger partial charge in [0, 0.05) is 17.1 Å². The second-order valence-electron chi connectivity index (χ2n) is 7.32. The first kappa shape index (κ1) is 20.9. The predicted octanol–water partition coefficient (Wildman–Crippen LogP) is 5.04. The number of carbonyl (C=O) groups excluding carboxylic acids is 2. The molecule has 158 valence electrons. The van der Waals surface area contributed by atoms with E-state index in [1.165, 1.54) is 17.0 Å². The molecule has 0 saturated carbocycles. The summed E-state index contributed by atoms with van der Waals surface area (Å²) in [5.41, 5.74) is 1.14. The SMILES string of the molecule is Cc1ccc(C2/C(=C(/O)c3ccc(Cl)cc3)C(=O)C(=O)N2CCc2ccc(F)cc2)o1. The third kappa shape index (κ3) is 4.11. The van der Waals surface area contributed by atoms with Crippen LogP contribution >= 0.6 is 11.6 Å². The van der Waals surface area contributed by atoms with Crippen molar-refractivity contribution in [3.8, 4) is 0 Å². The number of halogens is 2. The maximum Gasteiger partial charge on any atom is 0.295 e. The van der Waals surface area contributed by atoms with Crippen LogP contribution in [0.3, 0.4) is 0 Å². The van der Waals surface area contributed by atoms with Gasteiger partial charge in [-0.05, 0) is 67.4 Å². The molecule has 1 amide bonds. The van der Waals surface area contributed by atoms with Gasteiger partial charge in [-0.15, -0.1) is 0 Å². The van der Waals surface area contributed by atoms with Crippen LogP contribution in [0.5, 0.6) is 0 Å². The number of aliphatic hydroxyl groups excluding tert-OH is 1.